The summed E-state index contributed by atoms with van der Waals surface area (Å²) in [5, 5.41) is 2.22. The number of fused-ring (bicyclic) bond motifs is 3. The van der Waals surface area contributed by atoms with Crippen LogP contribution < -0.4 is 14.7 Å². The minimum absolute atomic E-state index is 0.885. The van der Waals surface area contributed by atoms with E-state index in [1.54, 1.807) is 0 Å². The average Bonchev–Trinajstić information content (AvgIpc) is 3.98. The predicted molar refractivity (Wildman–Crippen MR) is 345 cm³/mol. The van der Waals surface area contributed by atoms with Crippen molar-refractivity contribution in [3.8, 4) is 55.6 Å². The molecule has 1 heterocycles. The van der Waals surface area contributed by atoms with Crippen molar-refractivity contribution in [1.29, 1.82) is 0 Å². The summed E-state index contributed by atoms with van der Waals surface area (Å²) < 4.78 is 6.55. The van der Waals surface area contributed by atoms with E-state index in [2.05, 4.69) is 336 Å². The molecule has 0 aliphatic carbocycles. The topological polar surface area (TPSA) is 22.9 Å². The molecule has 0 saturated heterocycles. The van der Waals surface area contributed by atoms with Crippen molar-refractivity contribution in [3.05, 3.63) is 334 Å². The van der Waals surface area contributed by atoms with E-state index in [1.165, 1.54) is 22.3 Å². The van der Waals surface area contributed by atoms with Crippen molar-refractivity contribution in [2.45, 2.75) is 0 Å². The summed E-state index contributed by atoms with van der Waals surface area (Å²) in [7, 11) is 0. The fourth-order valence-electron chi connectivity index (χ4n) is 11.4. The van der Waals surface area contributed by atoms with E-state index in [0.29, 0.717) is 0 Å². The van der Waals surface area contributed by atoms with Crippen LogP contribution in [0.1, 0.15) is 0 Å². The molecular weight excluding hydrogens is 995 g/mol. The molecule has 0 radical (unpaired) electrons. The van der Waals surface area contributed by atoms with Gasteiger partial charge in [-0.2, -0.15) is 0 Å². The van der Waals surface area contributed by atoms with Crippen LogP contribution >= 0.6 is 0 Å². The van der Waals surface area contributed by atoms with Crippen LogP contribution in [0, 0.1) is 0 Å². The molecule has 82 heavy (non-hydrogen) atoms. The van der Waals surface area contributed by atoms with Crippen LogP contribution in [-0.2, 0) is 0 Å². The minimum Gasteiger partial charge on any atom is -0.455 e. The predicted octanol–water partition coefficient (Wildman–Crippen LogP) is 22.3. The van der Waals surface area contributed by atoms with Crippen molar-refractivity contribution in [1.82, 2.24) is 0 Å². The maximum Gasteiger partial charge on any atom is 0.143 e. The van der Waals surface area contributed by atoms with Gasteiger partial charge in [-0.1, -0.05) is 224 Å². The van der Waals surface area contributed by atoms with E-state index >= 15 is 0 Å². The summed E-state index contributed by atoms with van der Waals surface area (Å²) in [4.78, 5) is 7.13. The minimum atomic E-state index is 0.885. The molecule has 0 saturated carbocycles. The second-order valence-corrected chi connectivity index (χ2v) is 20.5. The van der Waals surface area contributed by atoms with Gasteiger partial charge in [-0.15, -0.1) is 0 Å². The van der Waals surface area contributed by atoms with Gasteiger partial charge < -0.3 is 19.1 Å². The van der Waals surface area contributed by atoms with Crippen LogP contribution in [0.3, 0.4) is 0 Å². The molecule has 14 rings (SSSR count). The number of para-hydroxylation sites is 5. The fourth-order valence-corrected chi connectivity index (χ4v) is 11.4. The number of furan rings is 1. The maximum atomic E-state index is 6.55. The lowest BCUT2D eigenvalue weighted by Gasteiger charge is -2.33. The Morgan fingerprint density at radius 2 is 0.476 bits per heavy atom. The highest BCUT2D eigenvalue weighted by Crippen LogP contribution is 2.47. The van der Waals surface area contributed by atoms with E-state index in [9.17, 15) is 0 Å². The summed E-state index contributed by atoms with van der Waals surface area (Å²) in [6.45, 7) is 0. The molecular formula is C78H55N3O. The molecule has 0 amide bonds. The molecule has 0 aliphatic heterocycles. The summed E-state index contributed by atoms with van der Waals surface area (Å²) in [5.41, 5.74) is 22.4. The Balaban J connectivity index is 0.934. The van der Waals surface area contributed by atoms with Crippen LogP contribution in [-0.4, -0.2) is 0 Å². The number of hydrogen-bond donors (Lipinski definition) is 0. The molecule has 0 bridgehead atoms. The first kappa shape index (κ1) is 49.4. The molecule has 0 unspecified atom stereocenters. The van der Waals surface area contributed by atoms with Crippen molar-refractivity contribution in [3.63, 3.8) is 0 Å². The van der Waals surface area contributed by atoms with Crippen LogP contribution in [0.25, 0.3) is 77.6 Å². The zero-order chi connectivity index (χ0) is 54.6. The van der Waals surface area contributed by atoms with Gasteiger partial charge in [0.05, 0.1) is 17.1 Å². The van der Waals surface area contributed by atoms with Gasteiger partial charge in [0, 0.05) is 50.5 Å². The fraction of sp³-hybridized carbons (Fsp3) is 0. The van der Waals surface area contributed by atoms with E-state index in [4.69, 9.17) is 4.42 Å². The average molecular weight is 1050 g/mol. The molecule has 1 aromatic heterocycles. The zero-order valence-corrected chi connectivity index (χ0v) is 45.0. The Morgan fingerprint density at radius 1 is 0.183 bits per heavy atom. The molecule has 0 N–H and O–H groups in total. The maximum absolute atomic E-state index is 6.55. The molecule has 13 aromatic carbocycles. The Labute approximate surface area is 478 Å². The summed E-state index contributed by atoms with van der Waals surface area (Å²) in [5.74, 6) is 0. The standard InChI is InChI=1S/C78H55N3O/c1-6-21-56(22-7-1)61-25-18-27-63(51-61)58-39-45-68(46-40-58)79(65-29-10-3-11-30-65)71-53-72(80(66-31-12-4-13-32-66)69-47-41-59(42-48-69)64-28-19-26-62(52-64)57-23-8-2-9-24-57)55-73(54-71)81(67-33-14-5-15-34-67)70-49-43-60(44-50-70)74-36-20-37-76-75-35-16-17-38-77(75)82-78(74)76/h1-55H. The lowest BCUT2D eigenvalue weighted by atomic mass is 9.98. The second kappa shape index (κ2) is 22.1. The Bertz CT molecular complexity index is 4280. The van der Waals surface area contributed by atoms with Gasteiger partial charge in [-0.05, 0) is 159 Å². The van der Waals surface area contributed by atoms with Crippen molar-refractivity contribution >= 4 is 73.1 Å². The van der Waals surface area contributed by atoms with E-state index in [0.717, 1.165) is 107 Å². The van der Waals surface area contributed by atoms with Crippen LogP contribution in [0.2, 0.25) is 0 Å². The molecule has 0 atom stereocenters. The lowest BCUT2D eigenvalue weighted by molar-refractivity contribution is 0.670. The van der Waals surface area contributed by atoms with Crippen molar-refractivity contribution in [2.24, 2.45) is 0 Å². The smallest absolute Gasteiger partial charge is 0.143 e. The number of nitrogens with zero attached hydrogens (tertiary/aromatic N) is 3. The highest BCUT2D eigenvalue weighted by molar-refractivity contribution is 6.09. The molecule has 0 fully saturated rings. The van der Waals surface area contributed by atoms with Gasteiger partial charge in [-0.3, -0.25) is 0 Å². The highest BCUT2D eigenvalue weighted by Gasteiger charge is 2.23. The van der Waals surface area contributed by atoms with Gasteiger partial charge in [0.15, 0.2) is 0 Å². The van der Waals surface area contributed by atoms with Gasteiger partial charge in [0.1, 0.15) is 11.2 Å². The quantitative estimate of drug-likeness (QED) is 0.108. The van der Waals surface area contributed by atoms with Gasteiger partial charge in [0.2, 0.25) is 0 Å². The normalized spacial score (nSPS) is 11.2. The molecule has 388 valence electrons. The van der Waals surface area contributed by atoms with Gasteiger partial charge in [0.25, 0.3) is 0 Å². The number of anilines is 9. The molecule has 0 spiro atoms. The van der Waals surface area contributed by atoms with E-state index in [1.807, 2.05) is 12.1 Å². The Morgan fingerprint density at radius 3 is 0.878 bits per heavy atom. The third-order valence-electron chi connectivity index (χ3n) is 15.4. The van der Waals surface area contributed by atoms with Gasteiger partial charge in [-0.25, -0.2) is 0 Å². The zero-order valence-electron chi connectivity index (χ0n) is 45.0. The Kier molecular flexibility index (Phi) is 13.3. The molecule has 14 aromatic rings. The molecule has 4 nitrogen and oxygen atoms in total. The highest BCUT2D eigenvalue weighted by atomic mass is 16.3. The first-order valence-electron chi connectivity index (χ1n) is 27.9. The van der Waals surface area contributed by atoms with Crippen molar-refractivity contribution < 1.29 is 4.42 Å². The van der Waals surface area contributed by atoms with Crippen LogP contribution in [0.15, 0.2) is 338 Å². The van der Waals surface area contributed by atoms with Crippen molar-refractivity contribution in [2.75, 3.05) is 14.7 Å². The lowest BCUT2D eigenvalue weighted by Crippen LogP contribution is -2.16. The number of benzene rings is 13. The first-order chi connectivity index (χ1) is 40.6. The first-order valence-corrected chi connectivity index (χ1v) is 27.9. The van der Waals surface area contributed by atoms with Crippen LogP contribution in [0.5, 0.6) is 0 Å². The molecule has 4 heteroatoms. The monoisotopic (exact) mass is 1050 g/mol. The summed E-state index contributed by atoms with van der Waals surface area (Å²) >= 11 is 0. The summed E-state index contributed by atoms with van der Waals surface area (Å²) in [6, 6.07) is 120. The van der Waals surface area contributed by atoms with Crippen LogP contribution in [0.4, 0.5) is 51.2 Å². The Hall–Kier alpha value is -10.9. The largest absolute Gasteiger partial charge is 0.455 e. The number of rotatable bonds is 14. The van der Waals surface area contributed by atoms with Gasteiger partial charge >= 0.3 is 0 Å². The molecule has 0 aliphatic rings. The third-order valence-corrected chi connectivity index (χ3v) is 15.4. The second-order valence-electron chi connectivity index (χ2n) is 20.5. The SMILES string of the molecule is c1ccc(-c2cccc(-c3ccc(N(c4ccccc4)c4cc(N(c5ccccc5)c5ccc(-c6cccc(-c7ccccc7)c6)cc5)cc(N(c5ccccc5)c5ccc(-c6cccc7c6oc6ccccc67)cc5)c4)cc3)c2)cc1. The third kappa shape index (κ3) is 9.87. The van der Waals surface area contributed by atoms with E-state index < -0.39 is 0 Å². The summed E-state index contributed by atoms with van der Waals surface area (Å²) in [6.07, 6.45) is 0. The number of hydrogen-bond acceptors (Lipinski definition) is 4. The van der Waals surface area contributed by atoms with E-state index in [-0.39, 0.29) is 0 Å².